The number of hydrogen-bond donors (Lipinski definition) is 1. The topological polar surface area (TPSA) is 28.3 Å². The molecule has 2 saturated carbocycles. The maximum absolute atomic E-state index is 5.46. The minimum absolute atomic E-state index is 0.599. The molecule has 0 radical (unpaired) electrons. The first-order chi connectivity index (χ1) is 11.1. The lowest BCUT2D eigenvalue weighted by Crippen LogP contribution is -2.44. The largest absolute Gasteiger partial charge is 0.497 e. The van der Waals surface area contributed by atoms with Crippen molar-refractivity contribution in [1.82, 2.24) is 9.88 Å². The number of aromatic nitrogens is 1. The summed E-state index contributed by atoms with van der Waals surface area (Å²) in [5, 5.41) is 1.35. The van der Waals surface area contributed by atoms with Crippen LogP contribution in [0.15, 0.2) is 24.4 Å². The number of fused-ring (bicyclic) bond motifs is 3. The fourth-order valence-corrected chi connectivity index (χ4v) is 5.15. The summed E-state index contributed by atoms with van der Waals surface area (Å²) in [7, 11) is 4.07. The summed E-state index contributed by atoms with van der Waals surface area (Å²) in [4.78, 5) is 6.11. The van der Waals surface area contributed by atoms with Crippen molar-refractivity contribution in [3.63, 3.8) is 0 Å². The molecular weight excluding hydrogens is 284 g/mol. The zero-order valence-corrected chi connectivity index (χ0v) is 14.7. The van der Waals surface area contributed by atoms with Gasteiger partial charge in [0.1, 0.15) is 5.75 Å². The van der Waals surface area contributed by atoms with Crippen LogP contribution in [-0.2, 0) is 0 Å². The molecule has 0 saturated heterocycles. The van der Waals surface area contributed by atoms with Crippen molar-refractivity contribution in [1.29, 1.82) is 0 Å². The molecule has 0 amide bonds. The van der Waals surface area contributed by atoms with Crippen molar-refractivity contribution in [2.45, 2.75) is 51.1 Å². The van der Waals surface area contributed by atoms with Gasteiger partial charge in [0.2, 0.25) is 0 Å². The van der Waals surface area contributed by atoms with Crippen molar-refractivity contribution in [2.75, 3.05) is 14.2 Å². The van der Waals surface area contributed by atoms with Crippen LogP contribution in [0.4, 0.5) is 0 Å². The second-order valence-electron chi connectivity index (χ2n) is 7.76. The van der Waals surface area contributed by atoms with Crippen molar-refractivity contribution in [3.8, 4) is 5.75 Å². The van der Waals surface area contributed by atoms with E-state index in [1.807, 2.05) is 6.07 Å². The molecule has 4 rings (SSSR count). The average Bonchev–Trinajstić information content (AvgIpc) is 3.26. The first-order valence-corrected chi connectivity index (χ1v) is 8.97. The van der Waals surface area contributed by atoms with Gasteiger partial charge >= 0.3 is 0 Å². The van der Waals surface area contributed by atoms with E-state index in [0.717, 1.165) is 17.6 Å². The lowest BCUT2D eigenvalue weighted by molar-refractivity contribution is 0.123. The number of aromatic amines is 1. The molecular formula is C20H28N2O. The maximum Gasteiger partial charge on any atom is 0.119 e. The van der Waals surface area contributed by atoms with Crippen molar-refractivity contribution in [2.24, 2.45) is 11.8 Å². The Morgan fingerprint density at radius 3 is 2.74 bits per heavy atom. The number of nitrogens with one attached hydrogen (secondary N) is 1. The fourth-order valence-electron chi connectivity index (χ4n) is 5.15. The van der Waals surface area contributed by atoms with E-state index in [1.165, 1.54) is 35.7 Å². The summed E-state index contributed by atoms with van der Waals surface area (Å²) >= 11 is 0. The molecule has 2 aromatic rings. The molecule has 0 aliphatic heterocycles. The highest BCUT2D eigenvalue weighted by Crippen LogP contribution is 2.56. The Morgan fingerprint density at radius 2 is 2.00 bits per heavy atom. The van der Waals surface area contributed by atoms with E-state index >= 15 is 0 Å². The minimum atomic E-state index is 0.599. The maximum atomic E-state index is 5.46. The molecule has 2 aliphatic carbocycles. The quantitative estimate of drug-likeness (QED) is 0.906. The van der Waals surface area contributed by atoms with Gasteiger partial charge in [0.05, 0.1) is 7.11 Å². The molecule has 23 heavy (non-hydrogen) atoms. The third-order valence-electron chi connectivity index (χ3n) is 6.44. The number of nitrogens with zero attached hydrogens (tertiary/aromatic N) is 1. The standard InChI is InChI=1S/C20H28N2O/c1-12(2)22(3)20-14-6-5-13(9-14)19(20)17-11-21-18-8-7-15(23-4)10-16(17)18/h7-8,10-14,19-21H,5-6,9H2,1-4H3/t13-,14+,19+,20-/m1/s1. The van der Waals surface area contributed by atoms with Crippen LogP contribution in [0.3, 0.4) is 0 Å². The molecule has 2 aliphatic rings. The van der Waals surface area contributed by atoms with Crippen LogP contribution in [0.5, 0.6) is 5.75 Å². The van der Waals surface area contributed by atoms with Crippen LogP contribution in [0.2, 0.25) is 0 Å². The summed E-state index contributed by atoms with van der Waals surface area (Å²) in [6.45, 7) is 4.64. The van der Waals surface area contributed by atoms with Gasteiger partial charge in [-0.25, -0.2) is 0 Å². The smallest absolute Gasteiger partial charge is 0.119 e. The van der Waals surface area contributed by atoms with Gasteiger partial charge in [0, 0.05) is 35.1 Å². The SMILES string of the molecule is COc1ccc2[nH]cc([C@@H]3[C@@H]4CC[C@@H](C4)[C@H]3N(C)C(C)C)c2c1. The summed E-state index contributed by atoms with van der Waals surface area (Å²) in [6.07, 6.45) is 6.47. The van der Waals surface area contributed by atoms with E-state index in [2.05, 4.69) is 49.1 Å². The summed E-state index contributed by atoms with van der Waals surface area (Å²) < 4.78 is 5.46. The van der Waals surface area contributed by atoms with Gasteiger partial charge in [-0.15, -0.1) is 0 Å². The Hall–Kier alpha value is -1.48. The Labute approximate surface area is 139 Å². The lowest BCUT2D eigenvalue weighted by Gasteiger charge is -2.40. The predicted molar refractivity (Wildman–Crippen MR) is 95.1 cm³/mol. The third-order valence-corrected chi connectivity index (χ3v) is 6.44. The third kappa shape index (κ3) is 2.28. The van der Waals surface area contributed by atoms with Crippen LogP contribution in [0.1, 0.15) is 44.6 Å². The second kappa shape index (κ2) is 5.55. The van der Waals surface area contributed by atoms with Crippen molar-refractivity contribution in [3.05, 3.63) is 30.0 Å². The van der Waals surface area contributed by atoms with Gasteiger partial charge in [-0.05, 0) is 75.8 Å². The molecule has 2 bridgehead atoms. The molecule has 124 valence electrons. The van der Waals surface area contributed by atoms with Crippen molar-refractivity contribution < 1.29 is 4.74 Å². The minimum Gasteiger partial charge on any atom is -0.497 e. The molecule has 4 atom stereocenters. The molecule has 3 nitrogen and oxygen atoms in total. The Morgan fingerprint density at radius 1 is 1.22 bits per heavy atom. The molecule has 0 unspecified atom stereocenters. The number of likely N-dealkylation sites (N-methyl/N-ethyl adjacent to an activating group) is 1. The van der Waals surface area contributed by atoms with Gasteiger partial charge in [-0.1, -0.05) is 0 Å². The van der Waals surface area contributed by atoms with E-state index in [-0.39, 0.29) is 0 Å². The first-order valence-electron chi connectivity index (χ1n) is 8.97. The number of hydrogen-bond acceptors (Lipinski definition) is 2. The van der Waals surface area contributed by atoms with Gasteiger partial charge in [-0.2, -0.15) is 0 Å². The van der Waals surface area contributed by atoms with Crippen LogP contribution < -0.4 is 4.74 Å². The van der Waals surface area contributed by atoms with Crippen LogP contribution in [-0.4, -0.2) is 36.1 Å². The average molecular weight is 312 g/mol. The van der Waals surface area contributed by atoms with Gasteiger partial charge in [0.15, 0.2) is 0 Å². The molecule has 1 aromatic heterocycles. The van der Waals surface area contributed by atoms with E-state index in [9.17, 15) is 0 Å². The van der Waals surface area contributed by atoms with E-state index in [4.69, 9.17) is 4.74 Å². The lowest BCUT2D eigenvalue weighted by atomic mass is 9.78. The molecule has 0 spiro atoms. The zero-order valence-electron chi connectivity index (χ0n) is 14.7. The Balaban J connectivity index is 1.79. The Kier molecular flexibility index (Phi) is 3.64. The highest BCUT2D eigenvalue weighted by molar-refractivity contribution is 5.85. The molecule has 1 aromatic carbocycles. The van der Waals surface area contributed by atoms with Crippen LogP contribution >= 0.6 is 0 Å². The van der Waals surface area contributed by atoms with Crippen molar-refractivity contribution >= 4 is 10.9 Å². The van der Waals surface area contributed by atoms with E-state index in [1.54, 1.807) is 7.11 Å². The molecule has 3 heteroatoms. The monoisotopic (exact) mass is 312 g/mol. The molecule has 2 fully saturated rings. The molecule has 1 heterocycles. The number of ether oxygens (including phenoxy) is 1. The summed E-state index contributed by atoms with van der Waals surface area (Å²) in [5.41, 5.74) is 2.73. The number of benzene rings is 1. The number of rotatable bonds is 4. The predicted octanol–water partition coefficient (Wildman–Crippen LogP) is 4.40. The van der Waals surface area contributed by atoms with E-state index in [0.29, 0.717) is 18.0 Å². The normalized spacial score (nSPS) is 30.0. The summed E-state index contributed by atoms with van der Waals surface area (Å²) in [5.74, 6) is 3.32. The van der Waals surface area contributed by atoms with Gasteiger partial charge in [-0.3, -0.25) is 0 Å². The Bertz CT molecular complexity index is 705. The van der Waals surface area contributed by atoms with Crippen LogP contribution in [0, 0.1) is 11.8 Å². The highest BCUT2D eigenvalue weighted by atomic mass is 16.5. The zero-order chi connectivity index (χ0) is 16.1. The second-order valence-corrected chi connectivity index (χ2v) is 7.76. The molecule has 1 N–H and O–H groups in total. The summed E-state index contributed by atoms with van der Waals surface area (Å²) in [6, 6.07) is 7.67. The van der Waals surface area contributed by atoms with Gasteiger partial charge < -0.3 is 14.6 Å². The first kappa shape index (κ1) is 15.1. The number of H-pyrrole nitrogens is 1. The van der Waals surface area contributed by atoms with E-state index < -0.39 is 0 Å². The fraction of sp³-hybridized carbons (Fsp3) is 0.600. The van der Waals surface area contributed by atoms with Crippen LogP contribution in [0.25, 0.3) is 10.9 Å². The number of methoxy groups -OCH3 is 1. The highest BCUT2D eigenvalue weighted by Gasteiger charge is 2.50. The van der Waals surface area contributed by atoms with Gasteiger partial charge in [0.25, 0.3) is 0 Å².